The minimum atomic E-state index is -0.447. The lowest BCUT2D eigenvalue weighted by atomic mass is 10.1. The number of aryl methyl sites for hydroxylation is 1. The fourth-order valence-corrected chi connectivity index (χ4v) is 2.53. The number of benzene rings is 2. The third-order valence-corrected chi connectivity index (χ3v) is 3.65. The van der Waals surface area contributed by atoms with Gasteiger partial charge in [0.15, 0.2) is 5.70 Å². The molecule has 5 heteroatoms. The first-order valence-electron chi connectivity index (χ1n) is 7.19. The molecule has 0 aliphatic carbocycles. The molecule has 4 rings (SSSR count). The number of hydrogen-bond acceptors (Lipinski definition) is 4. The van der Waals surface area contributed by atoms with Crippen LogP contribution in [0.15, 0.2) is 65.5 Å². The fraction of sp³-hybridized carbons (Fsp3) is 0.0556. The van der Waals surface area contributed by atoms with Gasteiger partial charge in [-0.25, -0.2) is 9.79 Å². The smallest absolute Gasteiger partial charge is 0.363 e. The fourth-order valence-electron chi connectivity index (χ4n) is 2.53. The maximum absolute atomic E-state index is 12.0. The quantitative estimate of drug-likeness (QED) is 0.540. The third-order valence-electron chi connectivity index (χ3n) is 3.65. The summed E-state index contributed by atoms with van der Waals surface area (Å²) in [5.41, 5.74) is 1.87. The van der Waals surface area contributed by atoms with Crippen molar-refractivity contribution in [3.63, 3.8) is 0 Å². The van der Waals surface area contributed by atoms with Crippen LogP contribution in [0.25, 0.3) is 16.8 Å². The molecule has 1 aliphatic rings. The van der Waals surface area contributed by atoms with Crippen molar-refractivity contribution in [1.29, 1.82) is 0 Å². The Balaban J connectivity index is 1.72. The van der Waals surface area contributed by atoms with Crippen LogP contribution in [0.2, 0.25) is 0 Å². The molecular formula is C18H13N3O2. The number of esters is 1. The summed E-state index contributed by atoms with van der Waals surface area (Å²) in [5, 5.41) is 6.28. The van der Waals surface area contributed by atoms with Crippen LogP contribution >= 0.6 is 0 Å². The average molecular weight is 303 g/mol. The molecule has 5 nitrogen and oxygen atoms in total. The van der Waals surface area contributed by atoms with Crippen molar-refractivity contribution in [1.82, 2.24) is 9.78 Å². The highest BCUT2D eigenvalue weighted by Crippen LogP contribution is 2.22. The molecule has 112 valence electrons. The van der Waals surface area contributed by atoms with E-state index in [2.05, 4.69) is 10.1 Å². The molecule has 0 spiro atoms. The molecule has 0 saturated heterocycles. The SMILES string of the molecule is Cn1cc(C=C2N=C(c3ccc4ccccc4c3)OC2=O)cn1. The van der Waals surface area contributed by atoms with Crippen molar-refractivity contribution < 1.29 is 9.53 Å². The zero-order valence-corrected chi connectivity index (χ0v) is 12.4. The Morgan fingerprint density at radius 2 is 1.96 bits per heavy atom. The number of cyclic esters (lactones) is 1. The normalized spacial score (nSPS) is 16.0. The van der Waals surface area contributed by atoms with E-state index in [4.69, 9.17) is 4.74 Å². The number of aromatic nitrogens is 2. The van der Waals surface area contributed by atoms with E-state index in [9.17, 15) is 4.79 Å². The monoisotopic (exact) mass is 303 g/mol. The lowest BCUT2D eigenvalue weighted by Crippen LogP contribution is -2.05. The lowest BCUT2D eigenvalue weighted by molar-refractivity contribution is -0.129. The van der Waals surface area contributed by atoms with Crippen LogP contribution in [-0.4, -0.2) is 21.6 Å². The number of nitrogens with zero attached hydrogens (tertiary/aromatic N) is 3. The largest absolute Gasteiger partial charge is 0.402 e. The number of ether oxygens (including phenoxy) is 1. The van der Waals surface area contributed by atoms with Gasteiger partial charge in [0.1, 0.15) is 0 Å². The molecular weight excluding hydrogens is 290 g/mol. The number of carbonyl (C=O) groups excluding carboxylic acids is 1. The highest BCUT2D eigenvalue weighted by atomic mass is 16.6. The standard InChI is InChI=1S/C18H13N3O2/c1-21-11-12(10-19-21)8-16-18(22)23-17(20-16)15-7-6-13-4-2-3-5-14(13)9-15/h2-11H,1H3. The van der Waals surface area contributed by atoms with E-state index in [0.717, 1.165) is 21.9 Å². The molecule has 23 heavy (non-hydrogen) atoms. The van der Waals surface area contributed by atoms with E-state index in [0.29, 0.717) is 5.90 Å². The van der Waals surface area contributed by atoms with Gasteiger partial charge in [0.25, 0.3) is 0 Å². The molecule has 1 aromatic heterocycles. The molecule has 0 saturated carbocycles. The Morgan fingerprint density at radius 1 is 1.13 bits per heavy atom. The van der Waals surface area contributed by atoms with Gasteiger partial charge in [0, 0.05) is 24.4 Å². The first-order valence-corrected chi connectivity index (χ1v) is 7.19. The van der Waals surface area contributed by atoms with Crippen molar-refractivity contribution in [3.8, 4) is 0 Å². The summed E-state index contributed by atoms with van der Waals surface area (Å²) in [4.78, 5) is 16.3. The minimum absolute atomic E-state index is 0.279. The van der Waals surface area contributed by atoms with Crippen molar-refractivity contribution in [2.24, 2.45) is 12.0 Å². The average Bonchev–Trinajstić information content (AvgIpc) is 3.13. The van der Waals surface area contributed by atoms with Crippen LogP contribution in [0.3, 0.4) is 0 Å². The molecule has 0 N–H and O–H groups in total. The van der Waals surface area contributed by atoms with Gasteiger partial charge in [-0.15, -0.1) is 0 Å². The van der Waals surface area contributed by atoms with Crippen molar-refractivity contribution in [3.05, 3.63) is 71.7 Å². The van der Waals surface area contributed by atoms with Crippen LogP contribution < -0.4 is 0 Å². The van der Waals surface area contributed by atoms with E-state index in [-0.39, 0.29) is 5.70 Å². The van der Waals surface area contributed by atoms with E-state index in [1.165, 1.54) is 0 Å². The molecule has 0 atom stereocenters. The maximum Gasteiger partial charge on any atom is 0.363 e. The predicted octanol–water partition coefficient (Wildman–Crippen LogP) is 2.92. The summed E-state index contributed by atoms with van der Waals surface area (Å²) in [6.45, 7) is 0. The van der Waals surface area contributed by atoms with Crippen molar-refractivity contribution in [2.45, 2.75) is 0 Å². The molecule has 2 heterocycles. The second-order valence-electron chi connectivity index (χ2n) is 5.35. The minimum Gasteiger partial charge on any atom is -0.402 e. The van der Waals surface area contributed by atoms with Gasteiger partial charge in [-0.2, -0.15) is 5.10 Å². The second-order valence-corrected chi connectivity index (χ2v) is 5.35. The molecule has 0 radical (unpaired) electrons. The third kappa shape index (κ3) is 2.53. The number of fused-ring (bicyclic) bond motifs is 1. The lowest BCUT2D eigenvalue weighted by Gasteiger charge is -2.02. The van der Waals surface area contributed by atoms with E-state index in [1.807, 2.05) is 55.7 Å². The Labute approximate surface area is 132 Å². The Kier molecular flexibility index (Phi) is 3.05. The topological polar surface area (TPSA) is 56.5 Å². The summed E-state index contributed by atoms with van der Waals surface area (Å²) in [6.07, 6.45) is 5.15. The number of carbonyl (C=O) groups is 1. The summed E-state index contributed by atoms with van der Waals surface area (Å²) in [5.74, 6) is -0.118. The van der Waals surface area contributed by atoms with E-state index < -0.39 is 5.97 Å². The Hall–Kier alpha value is -3.21. The molecule has 0 bridgehead atoms. The molecule has 0 unspecified atom stereocenters. The maximum atomic E-state index is 12.0. The van der Waals surface area contributed by atoms with Crippen molar-refractivity contribution >= 4 is 28.7 Å². The summed E-state index contributed by atoms with van der Waals surface area (Å²) < 4.78 is 6.97. The van der Waals surface area contributed by atoms with Crippen LogP contribution in [0.5, 0.6) is 0 Å². The molecule has 2 aromatic carbocycles. The van der Waals surface area contributed by atoms with Gasteiger partial charge in [-0.05, 0) is 29.0 Å². The van der Waals surface area contributed by atoms with Crippen LogP contribution in [0.1, 0.15) is 11.1 Å². The first kappa shape index (κ1) is 13.5. The van der Waals surface area contributed by atoms with Crippen molar-refractivity contribution in [2.75, 3.05) is 0 Å². The Morgan fingerprint density at radius 3 is 2.74 bits per heavy atom. The van der Waals surface area contributed by atoms with Gasteiger partial charge < -0.3 is 4.74 Å². The highest BCUT2D eigenvalue weighted by Gasteiger charge is 2.24. The second kappa shape index (κ2) is 5.21. The zero-order valence-electron chi connectivity index (χ0n) is 12.4. The van der Waals surface area contributed by atoms with E-state index in [1.54, 1.807) is 17.0 Å². The summed E-state index contributed by atoms with van der Waals surface area (Å²) >= 11 is 0. The number of hydrogen-bond donors (Lipinski definition) is 0. The zero-order chi connectivity index (χ0) is 15.8. The predicted molar refractivity (Wildman–Crippen MR) is 87.8 cm³/mol. The van der Waals surface area contributed by atoms with E-state index >= 15 is 0 Å². The van der Waals surface area contributed by atoms with Gasteiger partial charge >= 0.3 is 5.97 Å². The molecule has 0 fully saturated rings. The molecule has 0 amide bonds. The number of aliphatic imine (C=N–C) groups is 1. The Bertz CT molecular complexity index is 983. The van der Waals surface area contributed by atoms with Gasteiger partial charge in [-0.1, -0.05) is 30.3 Å². The van der Waals surface area contributed by atoms with Gasteiger partial charge in [0.2, 0.25) is 5.90 Å². The van der Waals surface area contributed by atoms with Gasteiger partial charge in [0.05, 0.1) is 6.20 Å². The molecule has 1 aliphatic heterocycles. The van der Waals surface area contributed by atoms with Crippen LogP contribution in [0.4, 0.5) is 0 Å². The van der Waals surface area contributed by atoms with Crippen LogP contribution in [-0.2, 0) is 16.6 Å². The summed E-state index contributed by atoms with van der Waals surface area (Å²) in [6, 6.07) is 13.9. The molecule has 3 aromatic rings. The van der Waals surface area contributed by atoms with Gasteiger partial charge in [-0.3, -0.25) is 4.68 Å². The number of rotatable bonds is 2. The highest BCUT2D eigenvalue weighted by molar-refractivity contribution is 6.13. The van der Waals surface area contributed by atoms with Crippen LogP contribution in [0, 0.1) is 0 Å². The first-order chi connectivity index (χ1) is 11.2. The summed E-state index contributed by atoms with van der Waals surface area (Å²) in [7, 11) is 1.82.